The molecule has 0 saturated carbocycles. The van der Waals surface area contributed by atoms with E-state index in [9.17, 15) is 5.11 Å². The van der Waals surface area contributed by atoms with Gasteiger partial charge in [0.25, 0.3) is 0 Å². The molecule has 1 aromatic rings. The molecule has 5 nitrogen and oxygen atoms in total. The number of aliphatic hydroxyl groups excluding tert-OH is 1. The Labute approximate surface area is 88.3 Å². The quantitative estimate of drug-likeness (QED) is 0.642. The summed E-state index contributed by atoms with van der Waals surface area (Å²) in [7, 11) is 1.53. The number of pyridine rings is 1. The van der Waals surface area contributed by atoms with Crippen molar-refractivity contribution in [2.75, 3.05) is 19.4 Å². The van der Waals surface area contributed by atoms with Gasteiger partial charge in [-0.2, -0.15) is 0 Å². The van der Waals surface area contributed by atoms with E-state index >= 15 is 0 Å². The molecule has 1 saturated heterocycles. The largest absolute Gasteiger partial charge is 0.480 e. The molecular weight excluding hydrogens is 194 g/mol. The van der Waals surface area contributed by atoms with E-state index < -0.39 is 0 Å². The minimum atomic E-state index is -0.383. The highest BCUT2D eigenvalue weighted by Gasteiger charge is 2.27. The molecule has 15 heavy (non-hydrogen) atoms. The first-order valence-electron chi connectivity index (χ1n) is 4.94. The molecule has 4 N–H and O–H groups in total. The first-order valence-corrected chi connectivity index (χ1v) is 4.94. The second-order valence-corrected chi connectivity index (χ2v) is 3.62. The molecule has 2 heterocycles. The van der Waals surface area contributed by atoms with Gasteiger partial charge in [-0.1, -0.05) is 0 Å². The lowest BCUT2D eigenvalue weighted by Gasteiger charge is -2.15. The highest BCUT2D eigenvalue weighted by atomic mass is 16.5. The van der Waals surface area contributed by atoms with Crippen LogP contribution in [0, 0.1) is 0 Å². The summed E-state index contributed by atoms with van der Waals surface area (Å²) in [4.78, 5) is 4.25. The van der Waals surface area contributed by atoms with E-state index in [2.05, 4.69) is 10.3 Å². The fourth-order valence-electron chi connectivity index (χ4n) is 1.79. The topological polar surface area (TPSA) is 80.4 Å². The average Bonchev–Trinajstić information content (AvgIpc) is 2.65. The number of hydrogen-bond donors (Lipinski definition) is 3. The number of methoxy groups -OCH3 is 1. The number of nitrogens with two attached hydrogens (primary N) is 1. The number of aromatic nitrogens is 1. The predicted molar refractivity (Wildman–Crippen MR) is 56.6 cm³/mol. The maximum absolute atomic E-state index is 9.70. The van der Waals surface area contributed by atoms with Crippen molar-refractivity contribution in [3.63, 3.8) is 0 Å². The van der Waals surface area contributed by atoms with Crippen molar-refractivity contribution in [1.29, 1.82) is 0 Å². The second-order valence-electron chi connectivity index (χ2n) is 3.62. The Morgan fingerprint density at radius 2 is 2.40 bits per heavy atom. The highest BCUT2D eigenvalue weighted by Crippen LogP contribution is 2.26. The van der Waals surface area contributed by atoms with Gasteiger partial charge in [0, 0.05) is 0 Å². The first-order chi connectivity index (χ1) is 7.22. The predicted octanol–water partition coefficient (Wildman–Crippen LogP) is 0.0677. The van der Waals surface area contributed by atoms with E-state index in [1.165, 1.54) is 7.11 Å². The van der Waals surface area contributed by atoms with Crippen molar-refractivity contribution in [2.45, 2.75) is 18.6 Å². The minimum Gasteiger partial charge on any atom is -0.480 e. The van der Waals surface area contributed by atoms with Gasteiger partial charge in [0.05, 0.1) is 30.6 Å². The molecule has 82 valence electrons. The lowest BCUT2D eigenvalue weighted by molar-refractivity contribution is 0.158. The monoisotopic (exact) mass is 209 g/mol. The van der Waals surface area contributed by atoms with Crippen LogP contribution in [0.2, 0.25) is 0 Å². The number of aliphatic hydroxyl groups is 1. The van der Waals surface area contributed by atoms with Crippen LogP contribution in [0.3, 0.4) is 0 Å². The average molecular weight is 209 g/mol. The molecule has 5 heteroatoms. The molecule has 1 aliphatic rings. The van der Waals surface area contributed by atoms with Gasteiger partial charge in [-0.15, -0.1) is 0 Å². The van der Waals surface area contributed by atoms with Crippen LogP contribution in [0.5, 0.6) is 5.88 Å². The molecule has 2 rings (SSSR count). The Hall–Kier alpha value is -1.33. The van der Waals surface area contributed by atoms with Gasteiger partial charge >= 0.3 is 0 Å². The van der Waals surface area contributed by atoms with Gasteiger partial charge in [-0.25, -0.2) is 4.98 Å². The van der Waals surface area contributed by atoms with E-state index in [1.807, 2.05) is 6.07 Å². The fraction of sp³-hybridized carbons (Fsp3) is 0.500. The van der Waals surface area contributed by atoms with Crippen molar-refractivity contribution in [1.82, 2.24) is 10.3 Å². The zero-order valence-electron chi connectivity index (χ0n) is 8.60. The number of hydrogen-bond acceptors (Lipinski definition) is 5. The van der Waals surface area contributed by atoms with Crippen molar-refractivity contribution in [3.8, 4) is 5.88 Å². The van der Waals surface area contributed by atoms with Gasteiger partial charge in [0.15, 0.2) is 0 Å². The van der Waals surface area contributed by atoms with E-state index in [0.717, 1.165) is 18.7 Å². The molecule has 0 aliphatic carbocycles. The molecular formula is C10H15N3O2. The molecule has 0 amide bonds. The Morgan fingerprint density at radius 3 is 3.00 bits per heavy atom. The Balaban J connectivity index is 2.28. The number of ether oxygens (including phenoxy) is 1. The molecule has 1 aliphatic heterocycles. The summed E-state index contributed by atoms with van der Waals surface area (Å²) in [6.07, 6.45) is 0.366. The summed E-state index contributed by atoms with van der Waals surface area (Å²) in [6.45, 7) is 0.806. The van der Waals surface area contributed by atoms with Gasteiger partial charge in [0.2, 0.25) is 5.88 Å². The number of nitrogens with one attached hydrogen (secondary N) is 1. The van der Waals surface area contributed by atoms with Crippen LogP contribution in [-0.2, 0) is 0 Å². The zero-order valence-corrected chi connectivity index (χ0v) is 8.60. The fourth-order valence-corrected chi connectivity index (χ4v) is 1.79. The second kappa shape index (κ2) is 4.04. The van der Waals surface area contributed by atoms with Crippen molar-refractivity contribution in [2.24, 2.45) is 0 Å². The van der Waals surface area contributed by atoms with E-state index in [-0.39, 0.29) is 12.1 Å². The normalized spacial score (nSPS) is 25.5. The molecule has 1 aromatic heterocycles. The minimum absolute atomic E-state index is 0.112. The molecule has 0 aromatic carbocycles. The van der Waals surface area contributed by atoms with E-state index in [1.54, 1.807) is 6.07 Å². The molecule has 2 atom stereocenters. The van der Waals surface area contributed by atoms with Crippen LogP contribution < -0.4 is 15.8 Å². The lowest BCUT2D eigenvalue weighted by Crippen LogP contribution is -2.22. The Kier molecular flexibility index (Phi) is 2.75. The number of nitrogens with zero attached hydrogens (tertiary/aromatic N) is 1. The molecule has 0 spiro atoms. The third-order valence-corrected chi connectivity index (χ3v) is 2.61. The maximum atomic E-state index is 9.70. The van der Waals surface area contributed by atoms with Crippen LogP contribution >= 0.6 is 0 Å². The van der Waals surface area contributed by atoms with Crippen molar-refractivity contribution < 1.29 is 9.84 Å². The summed E-state index contributed by atoms with van der Waals surface area (Å²) in [6, 6.07) is 3.44. The van der Waals surface area contributed by atoms with E-state index in [4.69, 9.17) is 10.5 Å². The SMILES string of the molecule is COc1nc(C2NCCC2O)ccc1N. The smallest absolute Gasteiger partial charge is 0.237 e. The third-order valence-electron chi connectivity index (χ3n) is 2.61. The third kappa shape index (κ3) is 1.88. The summed E-state index contributed by atoms with van der Waals surface area (Å²) in [5, 5.41) is 12.9. The van der Waals surface area contributed by atoms with Crippen LogP contribution in [-0.4, -0.2) is 29.8 Å². The summed E-state index contributed by atoms with van der Waals surface area (Å²) in [5.41, 5.74) is 6.94. The summed E-state index contributed by atoms with van der Waals surface area (Å²) in [5.74, 6) is 0.411. The van der Waals surface area contributed by atoms with Gasteiger partial charge < -0.3 is 20.9 Å². The van der Waals surface area contributed by atoms with Crippen LogP contribution in [0.15, 0.2) is 12.1 Å². The van der Waals surface area contributed by atoms with Gasteiger partial charge in [0.1, 0.15) is 0 Å². The van der Waals surface area contributed by atoms with Crippen LogP contribution in [0.4, 0.5) is 5.69 Å². The van der Waals surface area contributed by atoms with Crippen LogP contribution in [0.25, 0.3) is 0 Å². The van der Waals surface area contributed by atoms with Crippen molar-refractivity contribution >= 4 is 5.69 Å². The maximum Gasteiger partial charge on any atom is 0.237 e. The van der Waals surface area contributed by atoms with Crippen LogP contribution in [0.1, 0.15) is 18.2 Å². The Bertz CT molecular complexity index is 357. The molecule has 0 radical (unpaired) electrons. The van der Waals surface area contributed by atoms with Crippen molar-refractivity contribution in [3.05, 3.63) is 17.8 Å². The first kappa shape index (κ1) is 10.2. The highest BCUT2D eigenvalue weighted by molar-refractivity contribution is 5.48. The lowest BCUT2D eigenvalue weighted by atomic mass is 10.1. The molecule has 2 unspecified atom stereocenters. The van der Waals surface area contributed by atoms with Gasteiger partial charge in [-0.3, -0.25) is 0 Å². The standard InChI is InChI=1S/C10H15N3O2/c1-15-10-6(11)2-3-7(13-10)9-8(14)4-5-12-9/h2-3,8-9,12,14H,4-5,11H2,1H3. The summed E-state index contributed by atoms with van der Waals surface area (Å²) < 4.78 is 5.03. The summed E-state index contributed by atoms with van der Waals surface area (Å²) >= 11 is 0. The number of rotatable bonds is 2. The Morgan fingerprint density at radius 1 is 1.60 bits per heavy atom. The zero-order chi connectivity index (χ0) is 10.8. The number of anilines is 1. The molecule has 0 bridgehead atoms. The molecule has 1 fully saturated rings. The van der Waals surface area contributed by atoms with Gasteiger partial charge in [-0.05, 0) is 25.1 Å². The van der Waals surface area contributed by atoms with E-state index in [0.29, 0.717) is 11.6 Å². The number of nitrogen functional groups attached to an aromatic ring is 1.